The van der Waals surface area contributed by atoms with E-state index in [1.807, 2.05) is 57.2 Å². The van der Waals surface area contributed by atoms with Crippen molar-refractivity contribution in [1.82, 2.24) is 24.7 Å². The molecule has 0 aliphatic heterocycles. The van der Waals surface area contributed by atoms with E-state index < -0.39 is 0 Å². The van der Waals surface area contributed by atoms with E-state index in [9.17, 15) is 4.79 Å². The molecule has 4 aromatic rings. The summed E-state index contributed by atoms with van der Waals surface area (Å²) < 4.78 is 7.54. The number of aromatic amines is 1. The molecule has 0 amide bonds. The van der Waals surface area contributed by atoms with Gasteiger partial charge in [0, 0.05) is 24.5 Å². The molecule has 0 aliphatic rings. The Bertz CT molecular complexity index is 1190. The van der Waals surface area contributed by atoms with Crippen molar-refractivity contribution in [2.45, 2.75) is 39.5 Å². The zero-order chi connectivity index (χ0) is 21.1. The van der Waals surface area contributed by atoms with E-state index in [0.29, 0.717) is 30.1 Å². The van der Waals surface area contributed by atoms with Crippen LogP contribution in [-0.2, 0) is 18.7 Å². The molecule has 3 aromatic heterocycles. The van der Waals surface area contributed by atoms with Crippen LogP contribution in [0.3, 0.4) is 0 Å². The van der Waals surface area contributed by atoms with Gasteiger partial charge in [-0.2, -0.15) is 10.1 Å². The minimum absolute atomic E-state index is 0.211. The second-order valence-electron chi connectivity index (χ2n) is 8.03. The second-order valence-corrected chi connectivity index (χ2v) is 8.03. The van der Waals surface area contributed by atoms with Gasteiger partial charge in [-0.3, -0.25) is 14.8 Å². The summed E-state index contributed by atoms with van der Waals surface area (Å²) in [6, 6.07) is 11.6. The van der Waals surface area contributed by atoms with Gasteiger partial charge in [0.25, 0.3) is 5.56 Å². The summed E-state index contributed by atoms with van der Waals surface area (Å²) in [5, 5.41) is 7.98. The SMILES string of the molecule is CC(C)(C)n1ncc2c(=O)[nH]c(NCc3ccc(OCc4cccnc4)cc3)nc21. The number of anilines is 1. The van der Waals surface area contributed by atoms with E-state index in [4.69, 9.17) is 4.74 Å². The third kappa shape index (κ3) is 4.32. The maximum absolute atomic E-state index is 12.4. The maximum atomic E-state index is 12.4. The van der Waals surface area contributed by atoms with Gasteiger partial charge in [-0.05, 0) is 44.5 Å². The van der Waals surface area contributed by atoms with Crippen molar-refractivity contribution >= 4 is 17.0 Å². The number of nitrogens with one attached hydrogen (secondary N) is 2. The zero-order valence-corrected chi connectivity index (χ0v) is 17.2. The fourth-order valence-corrected chi connectivity index (χ4v) is 3.03. The number of aromatic nitrogens is 5. The summed E-state index contributed by atoms with van der Waals surface area (Å²) in [7, 11) is 0. The van der Waals surface area contributed by atoms with Crippen LogP contribution in [0.2, 0.25) is 0 Å². The third-order valence-electron chi connectivity index (χ3n) is 4.59. The highest BCUT2D eigenvalue weighted by atomic mass is 16.5. The van der Waals surface area contributed by atoms with E-state index in [-0.39, 0.29) is 11.1 Å². The Labute approximate surface area is 174 Å². The highest BCUT2D eigenvalue weighted by Gasteiger charge is 2.19. The second kappa shape index (κ2) is 7.98. The fraction of sp³-hybridized carbons (Fsp3) is 0.273. The Morgan fingerprint density at radius 1 is 1.10 bits per heavy atom. The van der Waals surface area contributed by atoms with E-state index in [1.54, 1.807) is 23.3 Å². The number of hydrogen-bond acceptors (Lipinski definition) is 6. The van der Waals surface area contributed by atoms with Gasteiger partial charge < -0.3 is 10.1 Å². The van der Waals surface area contributed by atoms with Crippen LogP contribution in [0.5, 0.6) is 5.75 Å². The van der Waals surface area contributed by atoms with Crippen LogP contribution in [0.25, 0.3) is 11.0 Å². The molecule has 4 rings (SSSR count). The molecular formula is C22H24N6O2. The number of pyridine rings is 1. The molecule has 0 radical (unpaired) electrons. The number of fused-ring (bicyclic) bond motifs is 1. The van der Waals surface area contributed by atoms with Crippen molar-refractivity contribution in [3.05, 3.63) is 76.5 Å². The third-order valence-corrected chi connectivity index (χ3v) is 4.59. The molecule has 0 saturated heterocycles. The van der Waals surface area contributed by atoms with Crippen LogP contribution in [0, 0.1) is 0 Å². The first kappa shape index (κ1) is 19.6. The average molecular weight is 404 g/mol. The maximum Gasteiger partial charge on any atom is 0.263 e. The largest absolute Gasteiger partial charge is 0.489 e. The first-order valence-corrected chi connectivity index (χ1v) is 9.73. The van der Waals surface area contributed by atoms with Gasteiger partial charge in [0.1, 0.15) is 17.7 Å². The van der Waals surface area contributed by atoms with Gasteiger partial charge >= 0.3 is 0 Å². The van der Waals surface area contributed by atoms with Crippen LogP contribution >= 0.6 is 0 Å². The number of ether oxygens (including phenoxy) is 1. The Kier molecular flexibility index (Phi) is 5.22. The summed E-state index contributed by atoms with van der Waals surface area (Å²) >= 11 is 0. The van der Waals surface area contributed by atoms with E-state index in [0.717, 1.165) is 16.9 Å². The molecule has 0 saturated carbocycles. The summed E-state index contributed by atoms with van der Waals surface area (Å²) in [5.41, 5.74) is 2.13. The minimum atomic E-state index is -0.272. The van der Waals surface area contributed by atoms with Gasteiger partial charge in [-0.1, -0.05) is 18.2 Å². The molecule has 0 atom stereocenters. The number of rotatable bonds is 6. The molecule has 0 unspecified atom stereocenters. The Hall–Kier alpha value is -3.68. The Morgan fingerprint density at radius 3 is 2.60 bits per heavy atom. The molecular weight excluding hydrogens is 380 g/mol. The summed E-state index contributed by atoms with van der Waals surface area (Å²) in [6.07, 6.45) is 5.08. The molecule has 8 nitrogen and oxygen atoms in total. The van der Waals surface area contributed by atoms with Crippen molar-refractivity contribution in [2.24, 2.45) is 0 Å². The van der Waals surface area contributed by atoms with Crippen molar-refractivity contribution < 1.29 is 4.74 Å². The number of hydrogen-bond donors (Lipinski definition) is 2. The van der Waals surface area contributed by atoms with Crippen LogP contribution in [0.15, 0.2) is 59.8 Å². The molecule has 2 N–H and O–H groups in total. The number of H-pyrrole nitrogens is 1. The van der Waals surface area contributed by atoms with E-state index in [2.05, 4.69) is 25.4 Å². The zero-order valence-electron chi connectivity index (χ0n) is 17.2. The summed E-state index contributed by atoms with van der Waals surface area (Å²) in [6.45, 7) is 7.05. The average Bonchev–Trinajstić information content (AvgIpc) is 3.17. The van der Waals surface area contributed by atoms with Gasteiger partial charge in [0.2, 0.25) is 5.95 Å². The first-order chi connectivity index (χ1) is 14.4. The van der Waals surface area contributed by atoms with Crippen molar-refractivity contribution in [2.75, 3.05) is 5.32 Å². The van der Waals surface area contributed by atoms with Gasteiger partial charge in [-0.15, -0.1) is 0 Å². The Morgan fingerprint density at radius 2 is 1.90 bits per heavy atom. The highest BCUT2D eigenvalue weighted by molar-refractivity contribution is 5.74. The fourth-order valence-electron chi connectivity index (χ4n) is 3.03. The van der Waals surface area contributed by atoms with E-state index in [1.165, 1.54) is 0 Å². The molecule has 0 fully saturated rings. The lowest BCUT2D eigenvalue weighted by atomic mass is 10.1. The molecule has 0 bridgehead atoms. The van der Waals surface area contributed by atoms with E-state index >= 15 is 0 Å². The quantitative estimate of drug-likeness (QED) is 0.511. The number of nitrogens with zero attached hydrogens (tertiary/aromatic N) is 4. The van der Waals surface area contributed by atoms with Crippen molar-refractivity contribution in [3.8, 4) is 5.75 Å². The minimum Gasteiger partial charge on any atom is -0.489 e. The smallest absolute Gasteiger partial charge is 0.263 e. The van der Waals surface area contributed by atoms with Crippen molar-refractivity contribution in [3.63, 3.8) is 0 Å². The molecule has 1 aromatic carbocycles. The topological polar surface area (TPSA) is 97.7 Å². The number of benzene rings is 1. The van der Waals surface area contributed by atoms with Crippen molar-refractivity contribution in [1.29, 1.82) is 0 Å². The first-order valence-electron chi connectivity index (χ1n) is 9.73. The molecule has 30 heavy (non-hydrogen) atoms. The van der Waals surface area contributed by atoms with Crippen LogP contribution in [-0.4, -0.2) is 24.7 Å². The Balaban J connectivity index is 1.43. The predicted octanol–water partition coefficient (Wildman–Crippen LogP) is 3.46. The molecule has 8 heteroatoms. The van der Waals surface area contributed by atoms with Gasteiger partial charge in [0.15, 0.2) is 5.65 Å². The lowest BCUT2D eigenvalue weighted by molar-refractivity contribution is 0.305. The highest BCUT2D eigenvalue weighted by Crippen LogP contribution is 2.19. The molecule has 3 heterocycles. The normalized spacial score (nSPS) is 11.6. The predicted molar refractivity (Wildman–Crippen MR) is 115 cm³/mol. The monoisotopic (exact) mass is 404 g/mol. The molecule has 154 valence electrons. The molecule has 0 aliphatic carbocycles. The van der Waals surface area contributed by atoms with Gasteiger partial charge in [0.05, 0.1) is 11.7 Å². The molecule has 0 spiro atoms. The van der Waals surface area contributed by atoms with Crippen LogP contribution in [0.1, 0.15) is 31.9 Å². The summed E-state index contributed by atoms with van der Waals surface area (Å²) in [4.78, 5) is 23.8. The van der Waals surface area contributed by atoms with Crippen LogP contribution < -0.4 is 15.6 Å². The van der Waals surface area contributed by atoms with Gasteiger partial charge in [-0.25, -0.2) is 4.68 Å². The lowest BCUT2D eigenvalue weighted by Gasteiger charge is -2.19. The standard InChI is InChI=1S/C22H24N6O2/c1-22(2,3)28-19-18(13-25-28)20(29)27-21(26-19)24-12-15-6-8-17(9-7-15)30-14-16-5-4-10-23-11-16/h4-11,13H,12,14H2,1-3H3,(H2,24,26,27,29). The van der Waals surface area contributed by atoms with Crippen LogP contribution in [0.4, 0.5) is 5.95 Å². The lowest BCUT2D eigenvalue weighted by Crippen LogP contribution is -2.24. The summed E-state index contributed by atoms with van der Waals surface area (Å²) in [5.74, 6) is 1.19.